The molecule has 0 aliphatic heterocycles. The van der Waals surface area contributed by atoms with E-state index < -0.39 is 13.3 Å². The normalized spacial score (nSPS) is 13.8. The SMILES string of the molecule is COC(=O)CCP(=O)(O)CCCCc1ccccc1. The van der Waals surface area contributed by atoms with Crippen molar-refractivity contribution in [2.75, 3.05) is 19.4 Å². The molecule has 0 radical (unpaired) electrons. The number of rotatable bonds is 8. The van der Waals surface area contributed by atoms with Gasteiger partial charge in [-0.05, 0) is 24.8 Å². The van der Waals surface area contributed by atoms with Crippen LogP contribution >= 0.6 is 7.37 Å². The summed E-state index contributed by atoms with van der Waals surface area (Å²) in [6, 6.07) is 10.1. The molecule has 1 atom stereocenters. The summed E-state index contributed by atoms with van der Waals surface area (Å²) in [6.07, 6.45) is 2.80. The number of aryl methyl sites for hydroxylation is 1. The van der Waals surface area contributed by atoms with Gasteiger partial charge in [-0.2, -0.15) is 0 Å². The van der Waals surface area contributed by atoms with Crippen molar-refractivity contribution in [2.45, 2.75) is 25.7 Å². The molecule has 106 valence electrons. The molecule has 1 aromatic carbocycles. The third-order valence-electron chi connectivity index (χ3n) is 2.96. The summed E-state index contributed by atoms with van der Waals surface area (Å²) in [5, 5.41) is 0. The van der Waals surface area contributed by atoms with Crippen molar-refractivity contribution in [3.63, 3.8) is 0 Å². The van der Waals surface area contributed by atoms with Crippen molar-refractivity contribution >= 4 is 13.3 Å². The standard InChI is InChI=1S/C14H21O4P/c1-18-14(15)10-12-19(16,17)11-6-5-9-13-7-3-2-4-8-13/h2-4,7-8H,5-6,9-12H2,1H3,(H,16,17). The third kappa shape index (κ3) is 7.14. The highest BCUT2D eigenvalue weighted by Crippen LogP contribution is 2.42. The molecule has 5 heteroatoms. The van der Waals surface area contributed by atoms with Crippen LogP contribution in [-0.4, -0.2) is 30.3 Å². The van der Waals surface area contributed by atoms with Gasteiger partial charge in [-0.15, -0.1) is 0 Å². The van der Waals surface area contributed by atoms with Gasteiger partial charge in [0.25, 0.3) is 0 Å². The molecule has 0 saturated heterocycles. The Bertz CT molecular complexity index is 430. The maximum Gasteiger partial charge on any atom is 0.306 e. The minimum atomic E-state index is -3.18. The zero-order chi connectivity index (χ0) is 14.1. The Kier molecular flexibility index (Phi) is 6.82. The molecule has 0 aliphatic rings. The zero-order valence-electron chi connectivity index (χ0n) is 11.2. The molecule has 0 amide bonds. The Morgan fingerprint density at radius 3 is 2.53 bits per heavy atom. The van der Waals surface area contributed by atoms with Crippen molar-refractivity contribution in [3.05, 3.63) is 35.9 Å². The van der Waals surface area contributed by atoms with Crippen LogP contribution in [0, 0.1) is 0 Å². The van der Waals surface area contributed by atoms with E-state index in [9.17, 15) is 14.3 Å². The number of carbonyl (C=O) groups excluding carboxylic acids is 1. The average molecular weight is 284 g/mol. The molecule has 1 rings (SSSR count). The van der Waals surface area contributed by atoms with E-state index in [0.717, 1.165) is 12.8 Å². The van der Waals surface area contributed by atoms with E-state index in [0.29, 0.717) is 6.42 Å². The van der Waals surface area contributed by atoms with Crippen molar-refractivity contribution in [1.82, 2.24) is 0 Å². The van der Waals surface area contributed by atoms with Gasteiger partial charge < -0.3 is 9.63 Å². The number of carbonyl (C=O) groups is 1. The van der Waals surface area contributed by atoms with Crippen LogP contribution in [-0.2, 0) is 20.5 Å². The molecule has 0 heterocycles. The van der Waals surface area contributed by atoms with Crippen molar-refractivity contribution in [3.8, 4) is 0 Å². The van der Waals surface area contributed by atoms with Crippen LogP contribution in [0.5, 0.6) is 0 Å². The Hall–Kier alpha value is -1.12. The second-order valence-electron chi connectivity index (χ2n) is 4.56. The summed E-state index contributed by atoms with van der Waals surface area (Å²) >= 11 is 0. The Morgan fingerprint density at radius 2 is 1.89 bits per heavy atom. The quantitative estimate of drug-likeness (QED) is 0.453. The average Bonchev–Trinajstić information content (AvgIpc) is 2.42. The smallest absolute Gasteiger partial charge is 0.306 e. The summed E-state index contributed by atoms with van der Waals surface area (Å²) in [5.74, 6) is -0.432. The minimum Gasteiger partial charge on any atom is -0.469 e. The molecule has 1 unspecified atom stereocenters. The number of esters is 1. The highest BCUT2D eigenvalue weighted by Gasteiger charge is 2.19. The van der Waals surface area contributed by atoms with E-state index in [1.54, 1.807) is 0 Å². The number of ether oxygens (including phenoxy) is 1. The second kappa shape index (κ2) is 8.13. The lowest BCUT2D eigenvalue weighted by atomic mass is 10.1. The van der Waals surface area contributed by atoms with Crippen LogP contribution in [0.3, 0.4) is 0 Å². The van der Waals surface area contributed by atoms with E-state index in [2.05, 4.69) is 16.9 Å². The number of hydrogen-bond donors (Lipinski definition) is 1. The molecule has 19 heavy (non-hydrogen) atoms. The van der Waals surface area contributed by atoms with Gasteiger partial charge in [0, 0.05) is 12.3 Å². The second-order valence-corrected chi connectivity index (χ2v) is 7.15. The van der Waals surface area contributed by atoms with Crippen molar-refractivity contribution < 1.29 is 19.0 Å². The van der Waals surface area contributed by atoms with E-state index in [1.807, 2.05) is 18.2 Å². The highest BCUT2D eigenvalue weighted by atomic mass is 31.2. The topological polar surface area (TPSA) is 63.6 Å². The fourth-order valence-electron chi connectivity index (χ4n) is 1.81. The van der Waals surface area contributed by atoms with Crippen molar-refractivity contribution in [1.29, 1.82) is 0 Å². The maximum absolute atomic E-state index is 11.8. The van der Waals surface area contributed by atoms with Gasteiger partial charge in [0.2, 0.25) is 7.37 Å². The number of benzene rings is 1. The minimum absolute atomic E-state index is 0.0168. The van der Waals surface area contributed by atoms with Gasteiger partial charge in [0.1, 0.15) is 0 Å². The summed E-state index contributed by atoms with van der Waals surface area (Å²) in [7, 11) is -1.90. The molecule has 0 aliphatic carbocycles. The lowest BCUT2D eigenvalue weighted by Crippen LogP contribution is -2.05. The van der Waals surface area contributed by atoms with Gasteiger partial charge >= 0.3 is 5.97 Å². The van der Waals surface area contributed by atoms with Crippen LogP contribution in [0.25, 0.3) is 0 Å². The Morgan fingerprint density at radius 1 is 1.21 bits per heavy atom. The van der Waals surface area contributed by atoms with Gasteiger partial charge in [0.05, 0.1) is 13.5 Å². The van der Waals surface area contributed by atoms with E-state index in [1.165, 1.54) is 12.7 Å². The summed E-state index contributed by atoms with van der Waals surface area (Å²) in [4.78, 5) is 20.6. The molecule has 1 N–H and O–H groups in total. The number of hydrogen-bond acceptors (Lipinski definition) is 3. The first-order valence-corrected chi connectivity index (χ1v) is 8.48. The molecule has 0 fully saturated rings. The van der Waals surface area contributed by atoms with Crippen LogP contribution in [0.1, 0.15) is 24.8 Å². The molecular formula is C14H21O4P. The lowest BCUT2D eigenvalue weighted by Gasteiger charge is -2.10. The number of methoxy groups -OCH3 is 1. The predicted molar refractivity (Wildman–Crippen MR) is 75.6 cm³/mol. The first kappa shape index (κ1) is 15.9. The molecule has 1 aromatic rings. The van der Waals surface area contributed by atoms with E-state index >= 15 is 0 Å². The largest absolute Gasteiger partial charge is 0.469 e. The summed E-state index contributed by atoms with van der Waals surface area (Å²) < 4.78 is 16.3. The molecule has 0 spiro atoms. The maximum atomic E-state index is 11.8. The lowest BCUT2D eigenvalue weighted by molar-refractivity contribution is -0.140. The van der Waals surface area contributed by atoms with Crippen LogP contribution in [0.2, 0.25) is 0 Å². The van der Waals surface area contributed by atoms with Gasteiger partial charge in [0.15, 0.2) is 0 Å². The van der Waals surface area contributed by atoms with Gasteiger partial charge in [-0.1, -0.05) is 30.3 Å². The van der Waals surface area contributed by atoms with Crippen LogP contribution in [0.15, 0.2) is 30.3 Å². The Balaban J connectivity index is 2.20. The molecule has 0 bridgehead atoms. The van der Waals surface area contributed by atoms with Gasteiger partial charge in [-0.3, -0.25) is 9.36 Å². The van der Waals surface area contributed by atoms with E-state index in [4.69, 9.17) is 0 Å². The molecule has 0 aromatic heterocycles. The predicted octanol–water partition coefficient (Wildman–Crippen LogP) is 2.84. The number of unbranched alkanes of at least 4 members (excludes halogenated alkanes) is 1. The fraction of sp³-hybridized carbons (Fsp3) is 0.500. The first-order chi connectivity index (χ1) is 9.03. The highest BCUT2D eigenvalue weighted by molar-refractivity contribution is 7.58. The zero-order valence-corrected chi connectivity index (χ0v) is 12.1. The molecule has 0 saturated carbocycles. The first-order valence-electron chi connectivity index (χ1n) is 6.45. The van der Waals surface area contributed by atoms with Crippen LogP contribution in [0.4, 0.5) is 0 Å². The summed E-state index contributed by atoms with van der Waals surface area (Å²) in [6.45, 7) is 0. The fourth-order valence-corrected chi connectivity index (χ4v) is 3.29. The third-order valence-corrected chi connectivity index (χ3v) is 4.90. The van der Waals surface area contributed by atoms with Gasteiger partial charge in [-0.25, -0.2) is 0 Å². The molecular weight excluding hydrogens is 263 g/mol. The van der Waals surface area contributed by atoms with E-state index in [-0.39, 0.29) is 18.7 Å². The Labute approximate surface area is 114 Å². The van der Waals surface area contributed by atoms with Crippen LogP contribution < -0.4 is 0 Å². The monoisotopic (exact) mass is 284 g/mol. The molecule has 4 nitrogen and oxygen atoms in total. The van der Waals surface area contributed by atoms with Crippen molar-refractivity contribution in [2.24, 2.45) is 0 Å². The summed E-state index contributed by atoms with van der Waals surface area (Å²) in [5.41, 5.74) is 1.24.